The minimum absolute atomic E-state index is 0.0578. The average molecular weight is 529 g/mol. The number of aromatic nitrogens is 1. The Morgan fingerprint density at radius 2 is 1.71 bits per heavy atom. The standard InChI is InChI=1S/C28H40N4O6/c1-28(2,3)23(26(36)32-15-17-11-7-12-18(17)22(32)27(37)38)31-25(35)21(16-9-5-4-6-10-16)30-24(34)19-13-8-14-20(33)29-19/h8,13-14,16-18,21-23H,4-7,9-12,15H2,1-3H3,(H,29,33)(H,30,34)(H,31,35)(H,37,38)/t17-,18-,21-,22-,23+/m0/s1. The molecule has 0 unspecified atom stereocenters. The highest BCUT2D eigenvalue weighted by atomic mass is 16.4. The van der Waals surface area contributed by atoms with Gasteiger partial charge < -0.3 is 25.6 Å². The van der Waals surface area contributed by atoms with Gasteiger partial charge in [-0.15, -0.1) is 0 Å². The molecule has 1 aromatic rings. The zero-order valence-electron chi connectivity index (χ0n) is 22.5. The van der Waals surface area contributed by atoms with E-state index in [1.54, 1.807) is 0 Å². The van der Waals surface area contributed by atoms with Crippen LogP contribution in [0.2, 0.25) is 0 Å². The van der Waals surface area contributed by atoms with Crippen molar-refractivity contribution < 1.29 is 24.3 Å². The molecular formula is C28H40N4O6. The fourth-order valence-corrected chi connectivity index (χ4v) is 6.56. The quantitative estimate of drug-likeness (QED) is 0.427. The predicted octanol–water partition coefficient (Wildman–Crippen LogP) is 2.30. The minimum atomic E-state index is -1.00. The van der Waals surface area contributed by atoms with Gasteiger partial charge in [-0.1, -0.05) is 52.5 Å². The van der Waals surface area contributed by atoms with Gasteiger partial charge in [0.15, 0.2) is 0 Å². The molecule has 0 spiro atoms. The molecule has 1 aliphatic heterocycles. The fourth-order valence-electron chi connectivity index (χ4n) is 6.56. The number of carboxylic acid groups (broad SMARTS) is 1. The van der Waals surface area contributed by atoms with Crippen LogP contribution in [0.25, 0.3) is 0 Å². The van der Waals surface area contributed by atoms with E-state index in [2.05, 4.69) is 15.6 Å². The Hall–Kier alpha value is -3.17. The summed E-state index contributed by atoms with van der Waals surface area (Å²) in [6.45, 7) is 5.90. The summed E-state index contributed by atoms with van der Waals surface area (Å²) in [7, 11) is 0. The van der Waals surface area contributed by atoms with Gasteiger partial charge in [-0.2, -0.15) is 0 Å². The Balaban J connectivity index is 1.57. The monoisotopic (exact) mass is 528 g/mol. The van der Waals surface area contributed by atoms with E-state index in [0.29, 0.717) is 6.54 Å². The summed E-state index contributed by atoms with van der Waals surface area (Å²) in [5.74, 6) is -2.44. The fraction of sp³-hybridized carbons (Fsp3) is 0.679. The lowest BCUT2D eigenvalue weighted by atomic mass is 9.82. The topological polar surface area (TPSA) is 149 Å². The summed E-state index contributed by atoms with van der Waals surface area (Å²) in [6.07, 6.45) is 7.11. The van der Waals surface area contributed by atoms with Crippen LogP contribution in [-0.2, 0) is 14.4 Å². The molecule has 10 heteroatoms. The van der Waals surface area contributed by atoms with Crippen LogP contribution in [0.5, 0.6) is 0 Å². The number of amides is 3. The van der Waals surface area contributed by atoms with Gasteiger partial charge in [-0.05, 0) is 54.9 Å². The first kappa shape index (κ1) is 27.9. The van der Waals surface area contributed by atoms with Gasteiger partial charge in [0.05, 0.1) is 0 Å². The summed E-state index contributed by atoms with van der Waals surface area (Å²) in [5, 5.41) is 15.7. The average Bonchev–Trinajstić information content (AvgIpc) is 3.46. The third-order valence-electron chi connectivity index (χ3n) is 8.53. The molecule has 1 saturated heterocycles. The molecule has 4 N–H and O–H groups in total. The molecule has 0 radical (unpaired) electrons. The van der Waals surface area contributed by atoms with Crippen LogP contribution < -0.4 is 16.2 Å². The molecule has 208 valence electrons. The van der Waals surface area contributed by atoms with Crippen molar-refractivity contribution in [2.75, 3.05) is 6.54 Å². The number of carbonyl (C=O) groups excluding carboxylic acids is 3. The second kappa shape index (κ2) is 11.3. The largest absolute Gasteiger partial charge is 0.480 e. The lowest BCUT2D eigenvalue weighted by molar-refractivity contribution is -0.152. The van der Waals surface area contributed by atoms with E-state index in [9.17, 15) is 29.1 Å². The Labute approximate surface area is 222 Å². The lowest BCUT2D eigenvalue weighted by Gasteiger charge is -2.37. The first-order chi connectivity index (χ1) is 18.0. The van der Waals surface area contributed by atoms with Crippen LogP contribution in [-0.4, -0.2) is 63.4 Å². The van der Waals surface area contributed by atoms with Crippen LogP contribution >= 0.6 is 0 Å². The number of carbonyl (C=O) groups is 4. The van der Waals surface area contributed by atoms with Crippen LogP contribution in [0.4, 0.5) is 0 Å². The molecule has 3 aliphatic rings. The van der Waals surface area contributed by atoms with Crippen molar-refractivity contribution in [2.24, 2.45) is 23.2 Å². The van der Waals surface area contributed by atoms with Gasteiger partial charge in [0.1, 0.15) is 23.8 Å². The van der Waals surface area contributed by atoms with Crippen molar-refractivity contribution in [1.82, 2.24) is 20.5 Å². The second-order valence-electron chi connectivity index (χ2n) is 12.2. The molecule has 1 aromatic heterocycles. The zero-order valence-corrected chi connectivity index (χ0v) is 22.5. The molecule has 4 rings (SSSR count). The summed E-state index contributed by atoms with van der Waals surface area (Å²) in [6, 6.07) is 1.51. The highest BCUT2D eigenvalue weighted by Gasteiger charge is 2.52. The molecule has 5 atom stereocenters. The summed E-state index contributed by atoms with van der Waals surface area (Å²) in [5.41, 5.74) is -1.06. The molecule has 3 fully saturated rings. The number of hydrogen-bond donors (Lipinski definition) is 4. The molecular weight excluding hydrogens is 488 g/mol. The molecule has 10 nitrogen and oxygen atoms in total. The van der Waals surface area contributed by atoms with E-state index in [4.69, 9.17) is 0 Å². The van der Waals surface area contributed by atoms with Crippen LogP contribution in [0, 0.1) is 23.2 Å². The number of nitrogens with one attached hydrogen (secondary N) is 3. The highest BCUT2D eigenvalue weighted by Crippen LogP contribution is 2.43. The van der Waals surface area contributed by atoms with E-state index < -0.39 is 52.8 Å². The molecule has 0 bridgehead atoms. The Bertz CT molecular complexity index is 1120. The first-order valence-corrected chi connectivity index (χ1v) is 13.8. The Morgan fingerprint density at radius 3 is 2.34 bits per heavy atom. The Kier molecular flexibility index (Phi) is 8.28. The number of aliphatic carboxylic acids is 1. The van der Waals surface area contributed by atoms with Crippen molar-refractivity contribution in [2.45, 2.75) is 90.3 Å². The number of nitrogens with zero attached hydrogens (tertiary/aromatic N) is 1. The van der Waals surface area contributed by atoms with Crippen molar-refractivity contribution in [1.29, 1.82) is 0 Å². The molecule has 2 saturated carbocycles. The molecule has 3 amide bonds. The number of H-pyrrole nitrogens is 1. The number of aromatic amines is 1. The molecule has 38 heavy (non-hydrogen) atoms. The van der Waals surface area contributed by atoms with Crippen molar-refractivity contribution >= 4 is 23.7 Å². The molecule has 2 heterocycles. The minimum Gasteiger partial charge on any atom is -0.480 e. The van der Waals surface area contributed by atoms with Gasteiger partial charge in [-0.25, -0.2) is 4.79 Å². The predicted molar refractivity (Wildman–Crippen MR) is 140 cm³/mol. The van der Waals surface area contributed by atoms with E-state index >= 15 is 0 Å². The van der Waals surface area contributed by atoms with Gasteiger partial charge in [0, 0.05) is 12.6 Å². The summed E-state index contributed by atoms with van der Waals surface area (Å²) >= 11 is 0. The SMILES string of the molecule is CC(C)(C)[C@H](NC(=O)[C@@H](NC(=O)c1cccc(=O)[nH]1)C1CCCCC1)C(=O)N1C[C@@H]2CCC[C@@H]2[C@H]1C(=O)O. The van der Waals surface area contributed by atoms with Crippen LogP contribution in [0.15, 0.2) is 23.0 Å². The maximum absolute atomic E-state index is 13.9. The van der Waals surface area contributed by atoms with E-state index in [-0.39, 0.29) is 23.4 Å². The number of hydrogen-bond acceptors (Lipinski definition) is 5. The second-order valence-corrected chi connectivity index (χ2v) is 12.2. The molecule has 0 aromatic carbocycles. The normalized spacial score (nSPS) is 25.3. The first-order valence-electron chi connectivity index (χ1n) is 13.8. The maximum Gasteiger partial charge on any atom is 0.326 e. The van der Waals surface area contributed by atoms with E-state index in [1.807, 2.05) is 20.8 Å². The van der Waals surface area contributed by atoms with Crippen molar-refractivity contribution in [3.8, 4) is 0 Å². The van der Waals surface area contributed by atoms with Crippen LogP contribution in [0.3, 0.4) is 0 Å². The summed E-state index contributed by atoms with van der Waals surface area (Å²) < 4.78 is 0. The van der Waals surface area contributed by atoms with Crippen LogP contribution in [0.1, 0.15) is 82.6 Å². The maximum atomic E-state index is 13.9. The van der Waals surface area contributed by atoms with E-state index in [1.165, 1.54) is 23.1 Å². The number of likely N-dealkylation sites (tertiary alicyclic amines) is 1. The third-order valence-corrected chi connectivity index (χ3v) is 8.53. The zero-order chi connectivity index (χ0) is 27.6. The number of carboxylic acids is 1. The third kappa shape index (κ3) is 5.94. The number of rotatable bonds is 7. The molecule has 2 aliphatic carbocycles. The lowest BCUT2D eigenvalue weighted by Crippen LogP contribution is -2.61. The smallest absolute Gasteiger partial charge is 0.326 e. The van der Waals surface area contributed by atoms with E-state index in [0.717, 1.165) is 51.4 Å². The Morgan fingerprint density at radius 1 is 1.00 bits per heavy atom. The van der Waals surface area contributed by atoms with Gasteiger partial charge >= 0.3 is 5.97 Å². The van der Waals surface area contributed by atoms with Crippen molar-refractivity contribution in [3.05, 3.63) is 34.2 Å². The van der Waals surface area contributed by atoms with Crippen molar-refractivity contribution in [3.63, 3.8) is 0 Å². The van der Waals surface area contributed by atoms with Gasteiger partial charge in [-0.3, -0.25) is 19.2 Å². The van der Waals surface area contributed by atoms with Gasteiger partial charge in [0.25, 0.3) is 5.91 Å². The van der Waals surface area contributed by atoms with Gasteiger partial charge in [0.2, 0.25) is 17.4 Å². The summed E-state index contributed by atoms with van der Waals surface area (Å²) in [4.78, 5) is 68.5. The highest BCUT2D eigenvalue weighted by molar-refractivity contribution is 5.98. The number of pyridine rings is 1. The number of fused-ring (bicyclic) bond motifs is 1.